The van der Waals surface area contributed by atoms with Crippen LogP contribution in [0.15, 0.2) is 0 Å². The van der Waals surface area contributed by atoms with Crippen LogP contribution in [0.25, 0.3) is 0 Å². The van der Waals surface area contributed by atoms with Gasteiger partial charge in [-0.3, -0.25) is 0 Å². The molecule has 1 rings (SSSR count). The summed E-state index contributed by atoms with van der Waals surface area (Å²) in [7, 11) is 0. The maximum atomic E-state index is 5.27. The Labute approximate surface area is 78.5 Å². The zero-order valence-corrected chi connectivity index (χ0v) is 8.44. The van der Waals surface area contributed by atoms with Crippen LogP contribution in [-0.4, -0.2) is 13.2 Å². The van der Waals surface area contributed by atoms with E-state index in [1.165, 1.54) is 19.3 Å². The second-order valence-electron chi connectivity index (χ2n) is 3.28. The molecular weight excluding hydrogens is 148 g/mol. The fourth-order valence-electron chi connectivity index (χ4n) is 1.22. The van der Waals surface area contributed by atoms with E-state index in [1.54, 1.807) is 0 Å². The SMILES string of the molecule is C.CC.CCC1(C)CCOCC1. The van der Waals surface area contributed by atoms with E-state index in [2.05, 4.69) is 13.8 Å². The molecule has 0 radical (unpaired) electrons. The number of rotatable bonds is 1. The van der Waals surface area contributed by atoms with Crippen molar-refractivity contribution >= 4 is 0 Å². The van der Waals surface area contributed by atoms with E-state index in [1.807, 2.05) is 13.8 Å². The molecule has 0 aromatic rings. The summed E-state index contributed by atoms with van der Waals surface area (Å²) in [5, 5.41) is 0. The highest BCUT2D eigenvalue weighted by atomic mass is 16.5. The third-order valence-electron chi connectivity index (χ3n) is 2.55. The molecule has 1 heteroatoms. The quantitative estimate of drug-likeness (QED) is 0.586. The predicted molar refractivity (Wildman–Crippen MR) is 56.5 cm³/mol. The van der Waals surface area contributed by atoms with Gasteiger partial charge in [-0.05, 0) is 18.3 Å². The largest absolute Gasteiger partial charge is 0.381 e. The molecule has 0 aromatic heterocycles. The number of hydrogen-bond donors (Lipinski definition) is 0. The van der Waals surface area contributed by atoms with Gasteiger partial charge < -0.3 is 4.74 Å². The van der Waals surface area contributed by atoms with Crippen LogP contribution in [0.3, 0.4) is 0 Å². The van der Waals surface area contributed by atoms with Crippen molar-refractivity contribution < 1.29 is 4.74 Å². The molecule has 1 fully saturated rings. The van der Waals surface area contributed by atoms with Gasteiger partial charge in [0.15, 0.2) is 0 Å². The third-order valence-corrected chi connectivity index (χ3v) is 2.55. The maximum Gasteiger partial charge on any atom is 0.0471 e. The van der Waals surface area contributed by atoms with Gasteiger partial charge in [-0.15, -0.1) is 0 Å². The summed E-state index contributed by atoms with van der Waals surface area (Å²) in [6, 6.07) is 0. The fourth-order valence-corrected chi connectivity index (χ4v) is 1.22. The van der Waals surface area contributed by atoms with Gasteiger partial charge in [0.1, 0.15) is 0 Å². The van der Waals surface area contributed by atoms with Crippen molar-refractivity contribution in [3.05, 3.63) is 0 Å². The molecule has 0 bridgehead atoms. The Morgan fingerprint density at radius 2 is 1.58 bits per heavy atom. The van der Waals surface area contributed by atoms with E-state index in [0.29, 0.717) is 5.41 Å². The zero-order valence-electron chi connectivity index (χ0n) is 8.44. The normalized spacial score (nSPS) is 20.0. The lowest BCUT2D eigenvalue weighted by Gasteiger charge is -2.32. The Kier molecular flexibility index (Phi) is 9.17. The van der Waals surface area contributed by atoms with Crippen LogP contribution in [0.4, 0.5) is 0 Å². The molecule has 1 nitrogen and oxygen atoms in total. The first-order chi connectivity index (χ1) is 5.27. The molecule has 1 heterocycles. The summed E-state index contributed by atoms with van der Waals surface area (Å²) in [6.07, 6.45) is 3.81. The van der Waals surface area contributed by atoms with Gasteiger partial charge in [-0.1, -0.05) is 41.5 Å². The zero-order chi connectivity index (χ0) is 8.74. The average Bonchev–Trinajstić information content (AvgIpc) is 2.10. The molecule has 12 heavy (non-hydrogen) atoms. The van der Waals surface area contributed by atoms with E-state index in [-0.39, 0.29) is 7.43 Å². The number of hydrogen-bond acceptors (Lipinski definition) is 1. The van der Waals surface area contributed by atoms with Crippen LogP contribution in [0.5, 0.6) is 0 Å². The van der Waals surface area contributed by atoms with Crippen molar-refractivity contribution in [2.75, 3.05) is 13.2 Å². The fraction of sp³-hybridized carbons (Fsp3) is 1.00. The first-order valence-corrected chi connectivity index (χ1v) is 4.85. The standard InChI is InChI=1S/C8H16O.C2H6.CH4/c1-3-8(2)4-6-9-7-5-8;1-2;/h3-7H2,1-2H3;1-2H3;1H4. The summed E-state index contributed by atoms with van der Waals surface area (Å²) >= 11 is 0. The highest BCUT2D eigenvalue weighted by Gasteiger charge is 2.24. The van der Waals surface area contributed by atoms with E-state index < -0.39 is 0 Å². The van der Waals surface area contributed by atoms with E-state index >= 15 is 0 Å². The van der Waals surface area contributed by atoms with Gasteiger partial charge in [0.25, 0.3) is 0 Å². The van der Waals surface area contributed by atoms with Gasteiger partial charge in [0.2, 0.25) is 0 Å². The van der Waals surface area contributed by atoms with Gasteiger partial charge in [0.05, 0.1) is 0 Å². The van der Waals surface area contributed by atoms with Crippen LogP contribution in [0.2, 0.25) is 0 Å². The Balaban J connectivity index is 0. The topological polar surface area (TPSA) is 9.23 Å². The summed E-state index contributed by atoms with van der Waals surface area (Å²) in [5.41, 5.74) is 0.595. The van der Waals surface area contributed by atoms with Crippen LogP contribution >= 0.6 is 0 Å². The van der Waals surface area contributed by atoms with Crippen molar-refractivity contribution in [3.63, 3.8) is 0 Å². The van der Waals surface area contributed by atoms with Crippen LogP contribution in [0, 0.1) is 5.41 Å². The summed E-state index contributed by atoms with van der Waals surface area (Å²) < 4.78 is 5.27. The Morgan fingerprint density at radius 1 is 1.17 bits per heavy atom. The van der Waals surface area contributed by atoms with E-state index in [4.69, 9.17) is 4.74 Å². The monoisotopic (exact) mass is 174 g/mol. The van der Waals surface area contributed by atoms with Crippen LogP contribution in [-0.2, 0) is 4.74 Å². The lowest BCUT2D eigenvalue weighted by Crippen LogP contribution is -2.25. The van der Waals surface area contributed by atoms with Crippen molar-refractivity contribution in [2.24, 2.45) is 5.41 Å². The molecule has 76 valence electrons. The first-order valence-electron chi connectivity index (χ1n) is 4.85. The highest BCUT2D eigenvalue weighted by molar-refractivity contribution is 4.74. The third kappa shape index (κ3) is 4.76. The molecule has 1 aliphatic rings. The molecule has 0 amide bonds. The molecule has 0 aromatic carbocycles. The van der Waals surface area contributed by atoms with E-state index in [9.17, 15) is 0 Å². The average molecular weight is 174 g/mol. The van der Waals surface area contributed by atoms with Crippen LogP contribution < -0.4 is 0 Å². The molecule has 0 unspecified atom stereocenters. The Bertz CT molecular complexity index is 83.0. The van der Waals surface area contributed by atoms with Gasteiger partial charge in [-0.2, -0.15) is 0 Å². The molecule has 1 saturated heterocycles. The smallest absolute Gasteiger partial charge is 0.0471 e. The van der Waals surface area contributed by atoms with Crippen molar-refractivity contribution in [1.82, 2.24) is 0 Å². The Hall–Kier alpha value is -0.0400. The summed E-state index contributed by atoms with van der Waals surface area (Å²) in [5.74, 6) is 0. The molecule has 0 N–H and O–H groups in total. The van der Waals surface area contributed by atoms with E-state index in [0.717, 1.165) is 13.2 Å². The maximum absolute atomic E-state index is 5.27. The molecular formula is C11H26O. The van der Waals surface area contributed by atoms with Crippen LogP contribution in [0.1, 0.15) is 54.4 Å². The number of ether oxygens (including phenoxy) is 1. The highest BCUT2D eigenvalue weighted by Crippen LogP contribution is 2.32. The minimum atomic E-state index is 0. The lowest BCUT2D eigenvalue weighted by atomic mass is 9.80. The van der Waals surface area contributed by atoms with Crippen molar-refractivity contribution in [2.45, 2.75) is 54.4 Å². The van der Waals surface area contributed by atoms with Gasteiger partial charge >= 0.3 is 0 Å². The summed E-state index contributed by atoms with van der Waals surface area (Å²) in [4.78, 5) is 0. The van der Waals surface area contributed by atoms with Gasteiger partial charge in [0, 0.05) is 13.2 Å². The minimum absolute atomic E-state index is 0. The van der Waals surface area contributed by atoms with Crippen molar-refractivity contribution in [3.8, 4) is 0 Å². The Morgan fingerprint density at radius 3 is 1.83 bits per heavy atom. The second-order valence-corrected chi connectivity index (χ2v) is 3.28. The minimum Gasteiger partial charge on any atom is -0.381 e. The molecule has 0 aliphatic carbocycles. The molecule has 0 spiro atoms. The lowest BCUT2D eigenvalue weighted by molar-refractivity contribution is 0.0221. The predicted octanol–water partition coefficient (Wildman–Crippen LogP) is 3.88. The molecule has 1 aliphatic heterocycles. The van der Waals surface area contributed by atoms with Gasteiger partial charge in [-0.25, -0.2) is 0 Å². The van der Waals surface area contributed by atoms with Crippen molar-refractivity contribution in [1.29, 1.82) is 0 Å². The first kappa shape index (κ1) is 14.5. The summed E-state index contributed by atoms with van der Waals surface area (Å²) in [6.45, 7) is 10.6. The molecule has 0 saturated carbocycles. The molecule has 0 atom stereocenters. The second kappa shape index (κ2) is 7.60.